The van der Waals surface area contributed by atoms with Crippen LogP contribution in [-0.4, -0.2) is 43.0 Å². The van der Waals surface area contributed by atoms with Gasteiger partial charge < -0.3 is 19.5 Å². The van der Waals surface area contributed by atoms with E-state index in [1.165, 1.54) is 11.8 Å². The van der Waals surface area contributed by atoms with Crippen molar-refractivity contribution in [3.63, 3.8) is 0 Å². The number of ketones is 1. The Bertz CT molecular complexity index is 831. The van der Waals surface area contributed by atoms with Crippen molar-refractivity contribution in [3.05, 3.63) is 54.1 Å². The van der Waals surface area contributed by atoms with E-state index in [1.54, 1.807) is 55.6 Å². The second kappa shape index (κ2) is 10.1. The van der Waals surface area contributed by atoms with Gasteiger partial charge in [-0.05, 0) is 49.7 Å². The van der Waals surface area contributed by atoms with E-state index < -0.39 is 12.6 Å². The number of nitrogens with zero attached hydrogens (tertiary/aromatic N) is 1. The van der Waals surface area contributed by atoms with Crippen LogP contribution in [0.3, 0.4) is 0 Å². The zero-order chi connectivity index (χ0) is 20.5. The highest BCUT2D eigenvalue weighted by molar-refractivity contribution is 5.94. The SMILES string of the molecule is CC(=O)c1cccc(OCCCC(=O)N(C)c2ccc(OCC(=O)O)cc2)c1. The zero-order valence-electron chi connectivity index (χ0n) is 15.9. The Labute approximate surface area is 163 Å². The fraction of sp³-hybridized carbons (Fsp3) is 0.286. The molecule has 148 valence electrons. The van der Waals surface area contributed by atoms with Gasteiger partial charge in [-0.3, -0.25) is 9.59 Å². The Morgan fingerprint density at radius 1 is 1.00 bits per heavy atom. The van der Waals surface area contributed by atoms with Gasteiger partial charge in [0.15, 0.2) is 12.4 Å². The summed E-state index contributed by atoms with van der Waals surface area (Å²) in [6, 6.07) is 13.6. The molecule has 1 N–H and O–H groups in total. The summed E-state index contributed by atoms with van der Waals surface area (Å²) in [5.74, 6) is -0.118. The third-order valence-electron chi connectivity index (χ3n) is 4.00. The van der Waals surface area contributed by atoms with Crippen LogP contribution in [0.25, 0.3) is 0 Å². The number of ether oxygens (including phenoxy) is 2. The molecule has 2 aromatic rings. The summed E-state index contributed by atoms with van der Waals surface area (Å²) in [5, 5.41) is 8.60. The van der Waals surface area contributed by atoms with Crippen LogP contribution in [-0.2, 0) is 9.59 Å². The number of hydrogen-bond donors (Lipinski definition) is 1. The monoisotopic (exact) mass is 385 g/mol. The van der Waals surface area contributed by atoms with Crippen LogP contribution >= 0.6 is 0 Å². The predicted octanol–water partition coefficient (Wildman–Crippen LogP) is 3.17. The molecule has 7 nitrogen and oxygen atoms in total. The standard InChI is InChI=1S/C21H23NO6/c1-15(23)16-5-3-6-19(13-16)27-12-4-7-20(24)22(2)17-8-10-18(11-9-17)28-14-21(25)26/h3,5-6,8-11,13H,4,7,12,14H2,1-2H3,(H,25,26). The number of carboxylic acids is 1. The largest absolute Gasteiger partial charge is 0.494 e. The number of Topliss-reactive ketones (excluding diaryl/α,β-unsaturated/α-hetero) is 1. The highest BCUT2D eigenvalue weighted by Crippen LogP contribution is 2.19. The maximum Gasteiger partial charge on any atom is 0.341 e. The number of aliphatic carboxylic acids is 1. The van der Waals surface area contributed by atoms with Crippen molar-refractivity contribution >= 4 is 23.3 Å². The molecule has 0 saturated heterocycles. The van der Waals surface area contributed by atoms with Crippen molar-refractivity contribution in [2.45, 2.75) is 19.8 Å². The van der Waals surface area contributed by atoms with Gasteiger partial charge in [0.05, 0.1) is 6.61 Å². The number of carbonyl (C=O) groups is 3. The summed E-state index contributed by atoms with van der Waals surface area (Å²) >= 11 is 0. The highest BCUT2D eigenvalue weighted by atomic mass is 16.5. The summed E-state index contributed by atoms with van der Waals surface area (Å²) < 4.78 is 10.7. The normalized spacial score (nSPS) is 10.2. The minimum Gasteiger partial charge on any atom is -0.494 e. The first-order chi connectivity index (χ1) is 13.4. The zero-order valence-corrected chi connectivity index (χ0v) is 15.9. The molecule has 0 aliphatic heterocycles. The molecular formula is C21H23NO6. The molecule has 7 heteroatoms. The molecule has 0 heterocycles. The maximum atomic E-state index is 12.3. The quantitative estimate of drug-likeness (QED) is 0.499. The van der Waals surface area contributed by atoms with Gasteiger partial charge in [-0.1, -0.05) is 12.1 Å². The second-order valence-electron chi connectivity index (χ2n) is 6.17. The molecule has 1 amide bonds. The summed E-state index contributed by atoms with van der Waals surface area (Å²) in [6.07, 6.45) is 0.841. The van der Waals surface area contributed by atoms with Gasteiger partial charge in [-0.15, -0.1) is 0 Å². The van der Waals surface area contributed by atoms with E-state index in [2.05, 4.69) is 0 Å². The molecule has 2 rings (SSSR count). The molecule has 0 aliphatic carbocycles. The molecule has 0 unspecified atom stereocenters. The van der Waals surface area contributed by atoms with Crippen LogP contribution in [0, 0.1) is 0 Å². The molecule has 0 spiro atoms. The summed E-state index contributed by atoms with van der Waals surface area (Å²) in [6.45, 7) is 1.45. The fourth-order valence-corrected chi connectivity index (χ4v) is 2.44. The van der Waals surface area contributed by atoms with Gasteiger partial charge in [0.1, 0.15) is 11.5 Å². The van der Waals surface area contributed by atoms with E-state index in [0.29, 0.717) is 42.2 Å². The topological polar surface area (TPSA) is 93.1 Å². The van der Waals surface area contributed by atoms with Gasteiger partial charge in [0.25, 0.3) is 0 Å². The summed E-state index contributed by atoms with van der Waals surface area (Å²) in [5.41, 5.74) is 1.27. The van der Waals surface area contributed by atoms with E-state index in [0.717, 1.165) is 0 Å². The van der Waals surface area contributed by atoms with E-state index in [9.17, 15) is 14.4 Å². The molecule has 0 fully saturated rings. The van der Waals surface area contributed by atoms with Crippen LogP contribution in [0.5, 0.6) is 11.5 Å². The van der Waals surface area contributed by atoms with Gasteiger partial charge in [-0.25, -0.2) is 4.79 Å². The average molecular weight is 385 g/mol. The fourth-order valence-electron chi connectivity index (χ4n) is 2.44. The summed E-state index contributed by atoms with van der Waals surface area (Å²) in [7, 11) is 1.67. The number of carboxylic acid groups (broad SMARTS) is 1. The minimum atomic E-state index is -1.05. The molecule has 0 aliphatic rings. The van der Waals surface area contributed by atoms with Crippen LogP contribution < -0.4 is 14.4 Å². The van der Waals surface area contributed by atoms with Crippen LogP contribution in [0.1, 0.15) is 30.1 Å². The smallest absolute Gasteiger partial charge is 0.341 e. The Kier molecular flexibility index (Phi) is 7.56. The molecule has 0 saturated carbocycles. The van der Waals surface area contributed by atoms with Crippen LogP contribution in [0.4, 0.5) is 5.69 Å². The Morgan fingerprint density at radius 3 is 2.36 bits per heavy atom. The molecule has 0 aromatic heterocycles. The molecule has 0 atom stereocenters. The van der Waals surface area contributed by atoms with Crippen molar-refractivity contribution < 1.29 is 29.0 Å². The van der Waals surface area contributed by atoms with E-state index in [-0.39, 0.29) is 11.7 Å². The number of hydrogen-bond acceptors (Lipinski definition) is 5. The van der Waals surface area contributed by atoms with E-state index in [4.69, 9.17) is 14.6 Å². The van der Waals surface area contributed by atoms with Crippen LogP contribution in [0.15, 0.2) is 48.5 Å². The minimum absolute atomic E-state index is 0.0263. The first-order valence-corrected chi connectivity index (χ1v) is 8.82. The number of carbonyl (C=O) groups excluding carboxylic acids is 2. The lowest BCUT2D eigenvalue weighted by Gasteiger charge is -2.18. The Hall–Kier alpha value is -3.35. The molecule has 0 bridgehead atoms. The lowest BCUT2D eigenvalue weighted by Crippen LogP contribution is -2.26. The van der Waals surface area contributed by atoms with Gasteiger partial charge >= 0.3 is 5.97 Å². The highest BCUT2D eigenvalue weighted by Gasteiger charge is 2.11. The van der Waals surface area contributed by atoms with Crippen molar-refractivity contribution in [2.24, 2.45) is 0 Å². The van der Waals surface area contributed by atoms with Gasteiger partial charge in [0.2, 0.25) is 5.91 Å². The lowest BCUT2D eigenvalue weighted by molar-refractivity contribution is -0.139. The Morgan fingerprint density at radius 2 is 1.71 bits per heavy atom. The predicted molar refractivity (Wildman–Crippen MR) is 104 cm³/mol. The number of rotatable bonds is 10. The Balaban J connectivity index is 1.78. The van der Waals surface area contributed by atoms with Crippen molar-refractivity contribution in [2.75, 3.05) is 25.2 Å². The number of amides is 1. The van der Waals surface area contributed by atoms with E-state index >= 15 is 0 Å². The summed E-state index contributed by atoms with van der Waals surface area (Å²) in [4.78, 5) is 35.7. The molecule has 28 heavy (non-hydrogen) atoms. The lowest BCUT2D eigenvalue weighted by atomic mass is 10.1. The average Bonchev–Trinajstić information content (AvgIpc) is 2.69. The van der Waals surface area contributed by atoms with Crippen molar-refractivity contribution in [1.82, 2.24) is 0 Å². The molecule has 0 radical (unpaired) electrons. The third kappa shape index (κ3) is 6.42. The second-order valence-corrected chi connectivity index (χ2v) is 6.17. The van der Waals surface area contributed by atoms with Crippen LogP contribution in [0.2, 0.25) is 0 Å². The van der Waals surface area contributed by atoms with E-state index in [1.807, 2.05) is 0 Å². The van der Waals surface area contributed by atoms with Crippen molar-refractivity contribution in [1.29, 1.82) is 0 Å². The first-order valence-electron chi connectivity index (χ1n) is 8.82. The molecule has 2 aromatic carbocycles. The first kappa shape index (κ1) is 21.0. The van der Waals surface area contributed by atoms with Crippen molar-refractivity contribution in [3.8, 4) is 11.5 Å². The number of benzene rings is 2. The third-order valence-corrected chi connectivity index (χ3v) is 4.00. The number of anilines is 1. The maximum absolute atomic E-state index is 12.3. The van der Waals surface area contributed by atoms with Gasteiger partial charge in [-0.2, -0.15) is 0 Å². The molecular weight excluding hydrogens is 362 g/mol. The van der Waals surface area contributed by atoms with Gasteiger partial charge in [0, 0.05) is 24.7 Å².